The average molecular weight is 550 g/mol. The number of benzene rings is 1. The molecular weight excluding hydrogens is 518 g/mol. The Bertz CT molecular complexity index is 1560. The zero-order valence-electron chi connectivity index (χ0n) is 22.1. The highest BCUT2D eigenvalue weighted by Gasteiger charge is 2.28. The van der Waals surface area contributed by atoms with Gasteiger partial charge in [0.05, 0.1) is 40.3 Å². The first-order valence-electron chi connectivity index (χ1n) is 12.7. The number of nitrogens with one attached hydrogen (secondary N) is 1. The number of hydrogen-bond acceptors (Lipinski definition) is 8. The maximum absolute atomic E-state index is 12.8. The number of amides is 2. The van der Waals surface area contributed by atoms with Gasteiger partial charge in [0.15, 0.2) is 0 Å². The molecule has 12 heteroatoms. The van der Waals surface area contributed by atoms with Crippen molar-refractivity contribution in [3.8, 4) is 11.1 Å². The van der Waals surface area contributed by atoms with Crippen molar-refractivity contribution in [3.05, 3.63) is 69.8 Å². The van der Waals surface area contributed by atoms with E-state index in [2.05, 4.69) is 15.5 Å². The van der Waals surface area contributed by atoms with Crippen LogP contribution in [0.2, 0.25) is 0 Å². The maximum atomic E-state index is 12.8. The number of carbonyl (C=O) groups excluding carboxylic acids is 2. The number of nitrogens with two attached hydrogens (primary N) is 1. The van der Waals surface area contributed by atoms with Crippen molar-refractivity contribution >= 4 is 33.6 Å². The lowest BCUT2D eigenvalue weighted by Crippen LogP contribution is -2.42. The fourth-order valence-corrected chi connectivity index (χ4v) is 5.55. The van der Waals surface area contributed by atoms with Gasteiger partial charge in [-0.25, -0.2) is 10.6 Å². The van der Waals surface area contributed by atoms with E-state index in [4.69, 9.17) is 10.6 Å². The maximum Gasteiger partial charge on any atom is 0.410 e. The molecule has 3 aromatic heterocycles. The van der Waals surface area contributed by atoms with Crippen LogP contribution >= 0.6 is 11.3 Å². The van der Waals surface area contributed by atoms with Crippen LogP contribution in [0.1, 0.15) is 55.7 Å². The van der Waals surface area contributed by atoms with Gasteiger partial charge in [-0.15, -0.1) is 0 Å². The molecule has 5 rings (SSSR count). The number of nitrogens with zero attached hydrogens (tertiary/aromatic N) is 5. The van der Waals surface area contributed by atoms with E-state index in [1.807, 2.05) is 56.0 Å². The lowest BCUT2D eigenvalue weighted by atomic mass is 10.1. The smallest absolute Gasteiger partial charge is 0.410 e. The predicted octanol–water partition coefficient (Wildman–Crippen LogP) is 3.55. The molecule has 4 aromatic rings. The molecule has 0 atom stereocenters. The number of hydrogen-bond donors (Lipinski definition) is 2. The Morgan fingerprint density at radius 3 is 2.56 bits per heavy atom. The minimum Gasteiger partial charge on any atom is -0.444 e. The highest BCUT2D eigenvalue weighted by atomic mass is 32.1. The fourth-order valence-electron chi connectivity index (χ4n) is 4.62. The van der Waals surface area contributed by atoms with Gasteiger partial charge in [-0.2, -0.15) is 5.10 Å². The Hall–Kier alpha value is -4.03. The molecule has 0 unspecified atom stereocenters. The Balaban J connectivity index is 1.28. The average Bonchev–Trinajstić information content (AvgIpc) is 3.52. The van der Waals surface area contributed by atoms with Crippen LogP contribution in [0.25, 0.3) is 21.3 Å². The van der Waals surface area contributed by atoms with Gasteiger partial charge in [0.1, 0.15) is 5.60 Å². The van der Waals surface area contributed by atoms with Crippen LogP contribution in [-0.4, -0.2) is 54.9 Å². The van der Waals surface area contributed by atoms with Crippen LogP contribution in [0.15, 0.2) is 53.7 Å². The molecule has 0 bridgehead atoms. The molecule has 1 aromatic carbocycles. The van der Waals surface area contributed by atoms with Crippen LogP contribution in [0, 0.1) is 0 Å². The normalized spacial score (nSPS) is 14.5. The second-order valence-corrected chi connectivity index (χ2v) is 11.5. The van der Waals surface area contributed by atoms with E-state index in [0.29, 0.717) is 30.9 Å². The van der Waals surface area contributed by atoms with Crippen molar-refractivity contribution < 1.29 is 14.3 Å². The van der Waals surface area contributed by atoms with Crippen LogP contribution in [0.4, 0.5) is 4.79 Å². The number of likely N-dealkylation sites (tertiary alicyclic amines) is 1. The summed E-state index contributed by atoms with van der Waals surface area (Å²) in [5.74, 6) is 4.74. The van der Waals surface area contributed by atoms with Crippen molar-refractivity contribution in [3.63, 3.8) is 0 Å². The molecule has 0 saturated carbocycles. The molecular formula is C27H31N7O4S. The van der Waals surface area contributed by atoms with E-state index in [-0.39, 0.29) is 17.0 Å². The van der Waals surface area contributed by atoms with Crippen molar-refractivity contribution in [2.24, 2.45) is 5.84 Å². The molecule has 3 N–H and O–H groups in total. The van der Waals surface area contributed by atoms with Crippen LogP contribution in [0.5, 0.6) is 0 Å². The minimum absolute atomic E-state index is 0.0832. The summed E-state index contributed by atoms with van der Waals surface area (Å²) < 4.78 is 10.0. The van der Waals surface area contributed by atoms with Gasteiger partial charge in [0.25, 0.3) is 5.91 Å². The fraction of sp³-hybridized carbons (Fsp3) is 0.370. The largest absolute Gasteiger partial charge is 0.444 e. The Kier molecular flexibility index (Phi) is 7.23. The zero-order valence-corrected chi connectivity index (χ0v) is 22.9. The number of fused-ring (bicyclic) bond motifs is 1. The van der Waals surface area contributed by atoms with Crippen molar-refractivity contribution in [2.75, 3.05) is 13.1 Å². The summed E-state index contributed by atoms with van der Waals surface area (Å²) in [6.45, 7) is 7.16. The summed E-state index contributed by atoms with van der Waals surface area (Å²) in [6.07, 6.45) is 6.63. The second kappa shape index (κ2) is 10.6. The van der Waals surface area contributed by atoms with Crippen molar-refractivity contribution in [1.29, 1.82) is 0 Å². The van der Waals surface area contributed by atoms with E-state index in [9.17, 15) is 14.4 Å². The molecule has 39 heavy (non-hydrogen) atoms. The number of piperidine rings is 1. The van der Waals surface area contributed by atoms with Gasteiger partial charge in [-0.05, 0) is 63.4 Å². The number of aromatic nitrogens is 4. The van der Waals surface area contributed by atoms with Crippen LogP contribution < -0.4 is 16.1 Å². The molecule has 1 aliphatic heterocycles. The summed E-state index contributed by atoms with van der Waals surface area (Å²) in [5.41, 5.74) is 5.34. The highest BCUT2D eigenvalue weighted by Crippen LogP contribution is 2.29. The summed E-state index contributed by atoms with van der Waals surface area (Å²) in [6, 6.07) is 9.47. The third-order valence-electron chi connectivity index (χ3n) is 6.63. The van der Waals surface area contributed by atoms with E-state index in [0.717, 1.165) is 34.2 Å². The lowest BCUT2D eigenvalue weighted by Gasteiger charge is -2.33. The summed E-state index contributed by atoms with van der Waals surface area (Å²) in [4.78, 5) is 42.8. The Labute approximate surface area is 229 Å². The van der Waals surface area contributed by atoms with Gasteiger partial charge in [-0.3, -0.25) is 29.2 Å². The topological polar surface area (TPSA) is 137 Å². The van der Waals surface area contributed by atoms with Gasteiger partial charge in [0, 0.05) is 31.0 Å². The van der Waals surface area contributed by atoms with Gasteiger partial charge >= 0.3 is 11.0 Å². The van der Waals surface area contributed by atoms with Crippen molar-refractivity contribution in [2.45, 2.75) is 51.8 Å². The van der Waals surface area contributed by atoms with Crippen LogP contribution in [-0.2, 0) is 11.3 Å². The molecule has 1 saturated heterocycles. The first-order valence-corrected chi connectivity index (χ1v) is 13.5. The second-order valence-electron chi connectivity index (χ2n) is 10.6. The number of pyridine rings is 1. The van der Waals surface area contributed by atoms with E-state index in [1.165, 1.54) is 17.5 Å². The quantitative estimate of drug-likeness (QED) is 0.221. The lowest BCUT2D eigenvalue weighted by molar-refractivity contribution is 0.0184. The molecule has 204 valence electrons. The number of rotatable bonds is 5. The SMILES string of the molecule is CC(C)(C)OC(=O)N1CCC(n2cc(-c3ccc4c(c3)sc(=O)n4Cc3ccc(C(=O)NN)cn3)cn2)CC1. The number of nitrogen functional groups attached to an aromatic ring is 1. The first-order chi connectivity index (χ1) is 18.6. The minimum atomic E-state index is -0.507. The Morgan fingerprint density at radius 2 is 1.90 bits per heavy atom. The molecule has 1 fully saturated rings. The summed E-state index contributed by atoms with van der Waals surface area (Å²) >= 11 is 1.18. The van der Waals surface area contributed by atoms with Crippen LogP contribution in [0.3, 0.4) is 0 Å². The van der Waals surface area contributed by atoms with E-state index in [1.54, 1.807) is 21.6 Å². The first kappa shape index (κ1) is 26.6. The predicted molar refractivity (Wildman–Crippen MR) is 148 cm³/mol. The molecule has 4 heterocycles. The van der Waals surface area contributed by atoms with E-state index < -0.39 is 11.5 Å². The standard InChI is InChI=1S/C27H31N7O4S/c1-27(2,3)38-25(36)32-10-8-21(9-11-32)34-15-19(14-30-34)17-5-7-22-23(12-17)39-26(37)33(22)16-20-6-4-18(13-29-20)24(35)31-28/h4-7,12-15,21H,8-11,16,28H2,1-3H3,(H,31,35). The van der Waals surface area contributed by atoms with Gasteiger partial charge in [0.2, 0.25) is 0 Å². The Morgan fingerprint density at radius 1 is 1.13 bits per heavy atom. The molecule has 0 aliphatic carbocycles. The van der Waals surface area contributed by atoms with Gasteiger partial charge < -0.3 is 9.64 Å². The third-order valence-corrected chi connectivity index (χ3v) is 7.57. The molecule has 1 aliphatic rings. The molecule has 0 radical (unpaired) electrons. The monoisotopic (exact) mass is 549 g/mol. The number of hydrazine groups is 1. The number of ether oxygens (including phenoxy) is 1. The zero-order chi connectivity index (χ0) is 27.7. The molecule has 2 amide bonds. The molecule has 0 spiro atoms. The molecule has 11 nitrogen and oxygen atoms in total. The number of thiazole rings is 1. The third kappa shape index (κ3) is 5.86. The van der Waals surface area contributed by atoms with Gasteiger partial charge in [-0.1, -0.05) is 17.4 Å². The number of carbonyl (C=O) groups is 2. The summed E-state index contributed by atoms with van der Waals surface area (Å²) in [5, 5.41) is 4.60. The highest BCUT2D eigenvalue weighted by molar-refractivity contribution is 7.16. The van der Waals surface area contributed by atoms with Crippen molar-refractivity contribution in [1.82, 2.24) is 29.7 Å². The van der Waals surface area contributed by atoms with E-state index >= 15 is 0 Å². The summed E-state index contributed by atoms with van der Waals surface area (Å²) in [7, 11) is 0.